The van der Waals surface area contributed by atoms with Crippen molar-refractivity contribution in [3.05, 3.63) is 54.0 Å². The molecule has 0 aliphatic rings. The van der Waals surface area contributed by atoms with Crippen LogP contribution in [0.4, 0.5) is 5.82 Å². The molecule has 0 amide bonds. The number of nitrogens with zero attached hydrogens (tertiary/aromatic N) is 3. The smallest absolute Gasteiger partial charge is 0.129 e. The topological polar surface area (TPSA) is 41.0 Å². The molecule has 21 heavy (non-hydrogen) atoms. The van der Waals surface area contributed by atoms with Crippen LogP contribution in [0.2, 0.25) is 0 Å². The Kier molecular flexibility index (Phi) is 5.69. The van der Waals surface area contributed by atoms with Crippen molar-refractivity contribution >= 4 is 5.82 Å². The maximum absolute atomic E-state index is 4.28. The first kappa shape index (κ1) is 15.4. The molecule has 0 spiro atoms. The van der Waals surface area contributed by atoms with Gasteiger partial charge in [-0.3, -0.25) is 4.90 Å². The van der Waals surface area contributed by atoms with Crippen LogP contribution in [0.3, 0.4) is 0 Å². The molecule has 0 aliphatic heterocycles. The fraction of sp³-hybridized carbons (Fsp3) is 0.412. The molecule has 2 rings (SSSR count). The number of benzene rings is 1. The number of aryl methyl sites for hydroxylation is 1. The van der Waals surface area contributed by atoms with Gasteiger partial charge in [-0.15, -0.1) is 0 Å². The summed E-state index contributed by atoms with van der Waals surface area (Å²) in [6.45, 7) is 9.28. The van der Waals surface area contributed by atoms with Gasteiger partial charge in [0.25, 0.3) is 0 Å². The highest BCUT2D eigenvalue weighted by Gasteiger charge is 2.17. The molecule has 0 aliphatic carbocycles. The Morgan fingerprint density at radius 1 is 1.10 bits per heavy atom. The molecule has 0 saturated carbocycles. The Labute approximate surface area is 127 Å². The Hall–Kier alpha value is -1.94. The van der Waals surface area contributed by atoms with Crippen molar-refractivity contribution in [3.63, 3.8) is 0 Å². The molecule has 1 heterocycles. The van der Waals surface area contributed by atoms with Crippen LogP contribution in [0.25, 0.3) is 0 Å². The summed E-state index contributed by atoms with van der Waals surface area (Å²) in [6.07, 6.45) is 1.60. The van der Waals surface area contributed by atoms with Gasteiger partial charge in [0.1, 0.15) is 12.1 Å². The fourth-order valence-corrected chi connectivity index (χ4v) is 2.55. The van der Waals surface area contributed by atoms with Crippen molar-refractivity contribution in [2.75, 3.05) is 25.0 Å². The van der Waals surface area contributed by atoms with Crippen molar-refractivity contribution in [1.29, 1.82) is 0 Å². The summed E-state index contributed by atoms with van der Waals surface area (Å²) in [5.74, 6) is 0.885. The minimum Gasteiger partial charge on any atom is -0.368 e. The second kappa shape index (κ2) is 7.74. The van der Waals surface area contributed by atoms with Crippen LogP contribution in [-0.2, 0) is 0 Å². The molecule has 4 heteroatoms. The lowest BCUT2D eigenvalue weighted by molar-refractivity contribution is 0.228. The maximum Gasteiger partial charge on any atom is 0.129 e. The van der Waals surface area contributed by atoms with Gasteiger partial charge in [-0.05, 0) is 25.6 Å². The number of anilines is 1. The van der Waals surface area contributed by atoms with Gasteiger partial charge in [-0.25, -0.2) is 9.97 Å². The zero-order valence-electron chi connectivity index (χ0n) is 13.1. The Balaban J connectivity index is 2.13. The number of aromatic nitrogens is 2. The summed E-state index contributed by atoms with van der Waals surface area (Å²) in [6, 6.07) is 13.0. The number of nitrogens with one attached hydrogen (secondary N) is 1. The third kappa shape index (κ3) is 4.26. The fourth-order valence-electron chi connectivity index (χ4n) is 2.55. The van der Waals surface area contributed by atoms with Gasteiger partial charge >= 0.3 is 0 Å². The molecule has 0 radical (unpaired) electrons. The highest BCUT2D eigenvalue weighted by atomic mass is 15.2. The normalized spacial score (nSPS) is 12.4. The molecule has 1 unspecified atom stereocenters. The molecule has 1 aromatic carbocycles. The first-order valence-corrected chi connectivity index (χ1v) is 7.56. The average molecular weight is 284 g/mol. The van der Waals surface area contributed by atoms with E-state index in [1.54, 1.807) is 6.33 Å². The summed E-state index contributed by atoms with van der Waals surface area (Å²) in [4.78, 5) is 10.9. The third-order valence-corrected chi connectivity index (χ3v) is 3.72. The van der Waals surface area contributed by atoms with E-state index in [0.29, 0.717) is 6.04 Å². The molecule has 2 aromatic rings. The predicted molar refractivity (Wildman–Crippen MR) is 87.4 cm³/mol. The van der Waals surface area contributed by atoms with E-state index < -0.39 is 0 Å². The zero-order valence-corrected chi connectivity index (χ0v) is 13.1. The predicted octanol–water partition coefficient (Wildman–Crippen LogP) is 3.28. The van der Waals surface area contributed by atoms with Crippen molar-refractivity contribution < 1.29 is 0 Å². The summed E-state index contributed by atoms with van der Waals surface area (Å²) in [5.41, 5.74) is 2.31. The van der Waals surface area contributed by atoms with Crippen LogP contribution in [0.1, 0.15) is 31.1 Å². The number of likely N-dealkylation sites (N-methyl/N-ethyl adjacent to an activating group) is 1. The lowest BCUT2D eigenvalue weighted by Gasteiger charge is -2.30. The zero-order chi connectivity index (χ0) is 15.1. The lowest BCUT2D eigenvalue weighted by Crippen LogP contribution is -2.33. The van der Waals surface area contributed by atoms with Crippen LogP contribution in [-0.4, -0.2) is 34.5 Å². The van der Waals surface area contributed by atoms with E-state index in [4.69, 9.17) is 0 Å². The highest BCUT2D eigenvalue weighted by Crippen LogP contribution is 2.20. The first-order valence-electron chi connectivity index (χ1n) is 7.56. The highest BCUT2D eigenvalue weighted by molar-refractivity contribution is 5.35. The van der Waals surface area contributed by atoms with Crippen LogP contribution >= 0.6 is 0 Å². The molecule has 1 N–H and O–H groups in total. The van der Waals surface area contributed by atoms with Crippen LogP contribution in [0, 0.1) is 6.92 Å². The molecule has 0 bridgehead atoms. The van der Waals surface area contributed by atoms with Gasteiger partial charge in [0, 0.05) is 18.3 Å². The third-order valence-electron chi connectivity index (χ3n) is 3.72. The van der Waals surface area contributed by atoms with Gasteiger partial charge in [-0.1, -0.05) is 44.2 Å². The minimum atomic E-state index is 0.344. The van der Waals surface area contributed by atoms with Gasteiger partial charge in [0.05, 0.1) is 6.04 Å². The average Bonchev–Trinajstić information content (AvgIpc) is 2.52. The molecule has 1 atom stereocenters. The van der Waals surface area contributed by atoms with E-state index in [0.717, 1.165) is 31.1 Å². The largest absolute Gasteiger partial charge is 0.368 e. The summed E-state index contributed by atoms with van der Waals surface area (Å²) in [7, 11) is 0. The summed E-state index contributed by atoms with van der Waals surface area (Å²) in [5, 5.41) is 3.44. The molecule has 0 fully saturated rings. The van der Waals surface area contributed by atoms with E-state index in [2.05, 4.69) is 64.4 Å². The van der Waals surface area contributed by atoms with E-state index >= 15 is 0 Å². The minimum absolute atomic E-state index is 0.344. The molecule has 0 saturated heterocycles. The Morgan fingerprint density at radius 3 is 2.43 bits per heavy atom. The first-order chi connectivity index (χ1) is 10.2. The van der Waals surface area contributed by atoms with Gasteiger partial charge in [0.15, 0.2) is 0 Å². The van der Waals surface area contributed by atoms with Crippen LogP contribution < -0.4 is 5.32 Å². The standard InChI is InChI=1S/C17H24N4/c1-4-21(5-2)16(15-9-7-6-8-10-15)12-18-17-11-14(3)19-13-20-17/h6-11,13,16H,4-5,12H2,1-3H3,(H,18,19,20). The second-order valence-corrected chi connectivity index (χ2v) is 5.07. The van der Waals surface area contributed by atoms with Crippen molar-refractivity contribution in [3.8, 4) is 0 Å². The van der Waals surface area contributed by atoms with Crippen molar-refractivity contribution in [2.24, 2.45) is 0 Å². The summed E-state index contributed by atoms with van der Waals surface area (Å²) < 4.78 is 0. The molecular formula is C17H24N4. The second-order valence-electron chi connectivity index (χ2n) is 5.07. The van der Waals surface area contributed by atoms with E-state index in [9.17, 15) is 0 Å². The van der Waals surface area contributed by atoms with E-state index in [1.807, 2.05) is 13.0 Å². The van der Waals surface area contributed by atoms with Crippen LogP contribution in [0.5, 0.6) is 0 Å². The molecule has 1 aromatic heterocycles. The van der Waals surface area contributed by atoms with Gasteiger partial charge in [0.2, 0.25) is 0 Å². The Bertz CT molecular complexity index is 537. The number of hydrogen-bond acceptors (Lipinski definition) is 4. The molecular weight excluding hydrogens is 260 g/mol. The number of rotatable bonds is 7. The molecule has 4 nitrogen and oxygen atoms in total. The SMILES string of the molecule is CCN(CC)C(CNc1cc(C)ncn1)c1ccccc1. The van der Waals surface area contributed by atoms with Crippen molar-refractivity contribution in [1.82, 2.24) is 14.9 Å². The molecule has 112 valence electrons. The lowest BCUT2D eigenvalue weighted by atomic mass is 10.1. The van der Waals surface area contributed by atoms with Crippen LogP contribution in [0.15, 0.2) is 42.7 Å². The summed E-state index contributed by atoms with van der Waals surface area (Å²) >= 11 is 0. The maximum atomic E-state index is 4.28. The number of hydrogen-bond donors (Lipinski definition) is 1. The van der Waals surface area contributed by atoms with Gasteiger partial charge in [-0.2, -0.15) is 0 Å². The Morgan fingerprint density at radius 2 is 1.81 bits per heavy atom. The van der Waals surface area contributed by atoms with Gasteiger partial charge < -0.3 is 5.32 Å². The quantitative estimate of drug-likeness (QED) is 0.847. The van der Waals surface area contributed by atoms with E-state index in [1.165, 1.54) is 5.56 Å². The van der Waals surface area contributed by atoms with E-state index in [-0.39, 0.29) is 0 Å². The van der Waals surface area contributed by atoms with Crippen molar-refractivity contribution in [2.45, 2.75) is 26.8 Å². The monoisotopic (exact) mass is 284 g/mol.